The predicted molar refractivity (Wildman–Crippen MR) is 123 cm³/mol. The molecule has 0 aliphatic heterocycles. The number of rotatable bonds is 11. The number of aliphatic hydroxyl groups is 1. The topological polar surface area (TPSA) is 134 Å². The standard InChI is InChI=1S/C22H29F3N6O4/c1-14(13-32)29-17-8-6-15(7-9-17)10-26-20-18(31(33)34)12-28-21(30-20)27-11-16-4-2-3-5-19(16)35-22(23,24)25/h2-5,12,14-15,17,29,32H,6-11,13H2,1H3,(H2,26,27,28,30)/t14-,15?,17?/m1/s1. The molecule has 2 aromatic rings. The smallest absolute Gasteiger partial charge is 0.405 e. The van der Waals surface area contributed by atoms with E-state index in [-0.39, 0.29) is 48.0 Å². The second-order valence-electron chi connectivity index (χ2n) is 8.54. The van der Waals surface area contributed by atoms with Crippen molar-refractivity contribution in [3.05, 3.63) is 46.1 Å². The molecule has 1 fully saturated rings. The highest BCUT2D eigenvalue weighted by molar-refractivity contribution is 5.57. The number of hydrogen-bond donors (Lipinski definition) is 4. The number of halogens is 3. The summed E-state index contributed by atoms with van der Waals surface area (Å²) in [5, 5.41) is 29.8. The zero-order chi connectivity index (χ0) is 25.4. The van der Waals surface area contributed by atoms with Crippen molar-refractivity contribution in [2.75, 3.05) is 23.8 Å². The lowest BCUT2D eigenvalue weighted by molar-refractivity contribution is -0.384. The first-order valence-corrected chi connectivity index (χ1v) is 11.3. The van der Waals surface area contributed by atoms with Gasteiger partial charge in [-0.2, -0.15) is 4.98 Å². The van der Waals surface area contributed by atoms with Gasteiger partial charge in [0.05, 0.1) is 11.5 Å². The molecule has 1 atom stereocenters. The molecule has 0 saturated heterocycles. The SMILES string of the molecule is C[C@H](CO)NC1CCC(CNc2nc(NCc3ccccc3OC(F)(F)F)ncc2[N+](=O)[O-])CC1. The van der Waals surface area contributed by atoms with Gasteiger partial charge in [-0.15, -0.1) is 13.2 Å². The van der Waals surface area contributed by atoms with E-state index in [0.29, 0.717) is 18.5 Å². The number of aromatic nitrogens is 2. The Morgan fingerprint density at radius 3 is 2.60 bits per heavy atom. The van der Waals surface area contributed by atoms with Crippen molar-refractivity contribution in [2.24, 2.45) is 5.92 Å². The van der Waals surface area contributed by atoms with E-state index in [2.05, 4.69) is 30.7 Å². The van der Waals surface area contributed by atoms with Gasteiger partial charge in [-0.3, -0.25) is 10.1 Å². The van der Waals surface area contributed by atoms with Crippen LogP contribution < -0.4 is 20.7 Å². The maximum Gasteiger partial charge on any atom is 0.573 e. The van der Waals surface area contributed by atoms with Crippen LogP contribution in [0.25, 0.3) is 0 Å². The maximum atomic E-state index is 12.6. The van der Waals surface area contributed by atoms with E-state index in [4.69, 9.17) is 0 Å². The number of nitrogens with one attached hydrogen (secondary N) is 3. The van der Waals surface area contributed by atoms with E-state index in [1.165, 1.54) is 18.2 Å². The highest BCUT2D eigenvalue weighted by Gasteiger charge is 2.32. The van der Waals surface area contributed by atoms with Crippen LogP contribution in [0.3, 0.4) is 0 Å². The third-order valence-electron chi connectivity index (χ3n) is 5.80. The number of nitro groups is 1. The summed E-state index contributed by atoms with van der Waals surface area (Å²) in [5.74, 6) is 0.0216. The Morgan fingerprint density at radius 2 is 1.94 bits per heavy atom. The summed E-state index contributed by atoms with van der Waals surface area (Å²) in [6.45, 7) is 2.42. The maximum absolute atomic E-state index is 12.6. The Morgan fingerprint density at radius 1 is 1.23 bits per heavy atom. The molecule has 192 valence electrons. The fourth-order valence-corrected chi connectivity index (χ4v) is 4.00. The molecule has 0 spiro atoms. The first-order chi connectivity index (χ1) is 16.6. The summed E-state index contributed by atoms with van der Waals surface area (Å²) in [6, 6.07) is 6.02. The van der Waals surface area contributed by atoms with Gasteiger partial charge < -0.3 is 25.8 Å². The number of alkyl halides is 3. The van der Waals surface area contributed by atoms with Crippen molar-refractivity contribution in [3.8, 4) is 5.75 Å². The summed E-state index contributed by atoms with van der Waals surface area (Å²) < 4.78 is 41.9. The van der Waals surface area contributed by atoms with Gasteiger partial charge in [0.2, 0.25) is 11.8 Å². The minimum absolute atomic E-state index is 0.0332. The van der Waals surface area contributed by atoms with E-state index in [0.717, 1.165) is 31.9 Å². The number of aliphatic hydroxyl groups excluding tert-OH is 1. The second-order valence-corrected chi connectivity index (χ2v) is 8.54. The molecule has 1 saturated carbocycles. The predicted octanol–water partition coefficient (Wildman–Crippen LogP) is 3.84. The summed E-state index contributed by atoms with van der Waals surface area (Å²) >= 11 is 0. The van der Waals surface area contributed by atoms with E-state index in [9.17, 15) is 28.4 Å². The van der Waals surface area contributed by atoms with Crippen LogP contribution in [0.5, 0.6) is 5.75 Å². The molecule has 10 nitrogen and oxygen atoms in total. The van der Waals surface area contributed by atoms with Gasteiger partial charge in [0.25, 0.3) is 0 Å². The molecular weight excluding hydrogens is 469 g/mol. The molecule has 0 radical (unpaired) electrons. The van der Waals surface area contributed by atoms with Crippen LogP contribution in [0.15, 0.2) is 30.5 Å². The van der Waals surface area contributed by atoms with Crippen LogP contribution in [0, 0.1) is 16.0 Å². The number of anilines is 2. The van der Waals surface area contributed by atoms with Gasteiger partial charge in [-0.1, -0.05) is 18.2 Å². The largest absolute Gasteiger partial charge is 0.573 e. The number of nitrogens with zero attached hydrogens (tertiary/aromatic N) is 3. The van der Waals surface area contributed by atoms with Crippen molar-refractivity contribution >= 4 is 17.5 Å². The number of para-hydroxylation sites is 1. The Labute approximate surface area is 200 Å². The van der Waals surface area contributed by atoms with E-state index < -0.39 is 11.3 Å². The highest BCUT2D eigenvalue weighted by Crippen LogP contribution is 2.29. The zero-order valence-electron chi connectivity index (χ0n) is 19.2. The molecule has 1 aromatic heterocycles. The van der Waals surface area contributed by atoms with Crippen LogP contribution in [-0.2, 0) is 6.54 Å². The normalized spacial score (nSPS) is 19.1. The van der Waals surface area contributed by atoms with Crippen LogP contribution >= 0.6 is 0 Å². The van der Waals surface area contributed by atoms with E-state index >= 15 is 0 Å². The summed E-state index contributed by atoms with van der Waals surface area (Å²) in [4.78, 5) is 19.0. The lowest BCUT2D eigenvalue weighted by Crippen LogP contribution is -2.41. The molecular formula is C22H29F3N6O4. The third kappa shape index (κ3) is 8.21. The monoisotopic (exact) mass is 498 g/mol. The molecule has 0 unspecified atom stereocenters. The van der Waals surface area contributed by atoms with Gasteiger partial charge in [-0.25, -0.2) is 4.98 Å². The first-order valence-electron chi connectivity index (χ1n) is 11.3. The molecule has 4 N–H and O–H groups in total. The fraction of sp³-hybridized carbons (Fsp3) is 0.545. The van der Waals surface area contributed by atoms with Crippen molar-refractivity contribution in [1.29, 1.82) is 0 Å². The van der Waals surface area contributed by atoms with E-state index in [1.54, 1.807) is 6.07 Å². The van der Waals surface area contributed by atoms with Crippen LogP contribution in [0.1, 0.15) is 38.2 Å². The Kier molecular flexibility index (Phi) is 9.04. The summed E-state index contributed by atoms with van der Waals surface area (Å²) in [5.41, 5.74) is -0.0642. The van der Waals surface area contributed by atoms with Crippen LogP contribution in [-0.4, -0.2) is 51.6 Å². The fourth-order valence-electron chi connectivity index (χ4n) is 4.00. The number of ether oxygens (including phenoxy) is 1. The highest BCUT2D eigenvalue weighted by atomic mass is 19.4. The molecule has 1 aliphatic rings. The quantitative estimate of drug-likeness (QED) is 0.269. The van der Waals surface area contributed by atoms with Crippen molar-refractivity contribution in [1.82, 2.24) is 15.3 Å². The van der Waals surface area contributed by atoms with Crippen molar-refractivity contribution in [3.63, 3.8) is 0 Å². The third-order valence-corrected chi connectivity index (χ3v) is 5.80. The lowest BCUT2D eigenvalue weighted by Gasteiger charge is -2.31. The average Bonchev–Trinajstić information content (AvgIpc) is 2.82. The molecule has 1 aromatic carbocycles. The van der Waals surface area contributed by atoms with Crippen LogP contribution in [0.2, 0.25) is 0 Å². The van der Waals surface area contributed by atoms with Gasteiger partial charge >= 0.3 is 12.0 Å². The molecule has 3 rings (SSSR count). The minimum Gasteiger partial charge on any atom is -0.405 e. The Bertz CT molecular complexity index is 986. The minimum atomic E-state index is -4.83. The van der Waals surface area contributed by atoms with Crippen molar-refractivity contribution in [2.45, 2.75) is 57.6 Å². The molecule has 1 heterocycles. The Hall–Kier alpha value is -3.19. The molecule has 13 heteroatoms. The van der Waals surface area contributed by atoms with Gasteiger partial charge in [0.15, 0.2) is 0 Å². The number of hydrogen-bond acceptors (Lipinski definition) is 9. The van der Waals surface area contributed by atoms with Gasteiger partial charge in [0, 0.05) is 30.7 Å². The van der Waals surface area contributed by atoms with Crippen LogP contribution in [0.4, 0.5) is 30.6 Å². The Balaban J connectivity index is 1.61. The average molecular weight is 499 g/mol. The van der Waals surface area contributed by atoms with Gasteiger partial charge in [-0.05, 0) is 44.6 Å². The number of benzene rings is 1. The first kappa shape index (κ1) is 26.4. The lowest BCUT2D eigenvalue weighted by atomic mass is 9.85. The van der Waals surface area contributed by atoms with Gasteiger partial charge in [0.1, 0.15) is 11.9 Å². The molecule has 0 amide bonds. The van der Waals surface area contributed by atoms with Crippen molar-refractivity contribution < 1.29 is 27.9 Å². The molecule has 35 heavy (non-hydrogen) atoms. The van der Waals surface area contributed by atoms with E-state index in [1.807, 2.05) is 6.92 Å². The molecule has 1 aliphatic carbocycles. The zero-order valence-corrected chi connectivity index (χ0v) is 19.2. The summed E-state index contributed by atoms with van der Waals surface area (Å²) in [6.07, 6.45) is -0.0503. The second kappa shape index (κ2) is 12.0. The summed E-state index contributed by atoms with van der Waals surface area (Å²) in [7, 11) is 0. The molecule has 0 bridgehead atoms.